The number of benzene rings is 1. The van der Waals surface area contributed by atoms with E-state index in [1.54, 1.807) is 16.8 Å². The fraction of sp³-hybridized carbons (Fsp3) is 0.133. The van der Waals surface area contributed by atoms with Crippen molar-refractivity contribution in [3.63, 3.8) is 0 Å². The fourth-order valence-corrected chi connectivity index (χ4v) is 2.64. The van der Waals surface area contributed by atoms with Gasteiger partial charge >= 0.3 is 6.43 Å². The second-order valence-corrected chi connectivity index (χ2v) is 6.08. The molecule has 25 heavy (non-hydrogen) atoms. The maximum atomic E-state index is 12.5. The van der Waals surface area contributed by atoms with Crippen LogP contribution in [0.5, 0.6) is 0 Å². The van der Waals surface area contributed by atoms with Crippen LogP contribution in [0.2, 0.25) is 0 Å². The minimum absolute atomic E-state index is 0.00415. The minimum atomic E-state index is -2.80. The van der Waals surface area contributed by atoms with Gasteiger partial charge in [0.15, 0.2) is 0 Å². The highest BCUT2D eigenvalue weighted by atomic mass is 79.9. The van der Waals surface area contributed by atoms with Gasteiger partial charge < -0.3 is 4.42 Å². The molecule has 0 atom stereocenters. The van der Waals surface area contributed by atoms with E-state index in [9.17, 15) is 8.78 Å². The molecular formula is C15H9BrF2N6O. The molecule has 3 aromatic heterocycles. The Morgan fingerprint density at radius 2 is 2.00 bits per heavy atom. The average molecular weight is 407 g/mol. The molecule has 3 heterocycles. The first kappa shape index (κ1) is 15.8. The molecule has 126 valence electrons. The lowest BCUT2D eigenvalue weighted by Gasteiger charge is -2.03. The summed E-state index contributed by atoms with van der Waals surface area (Å²) >= 11 is 3.42. The van der Waals surface area contributed by atoms with Crippen LogP contribution in [0.4, 0.5) is 8.78 Å². The molecule has 1 aromatic carbocycles. The molecule has 4 aromatic rings. The Morgan fingerprint density at radius 1 is 1.12 bits per heavy atom. The third-order valence-electron chi connectivity index (χ3n) is 3.49. The van der Waals surface area contributed by atoms with Crippen LogP contribution in [0.15, 0.2) is 45.4 Å². The second-order valence-electron chi connectivity index (χ2n) is 5.16. The third kappa shape index (κ3) is 3.12. The molecule has 0 unspecified atom stereocenters. The highest BCUT2D eigenvalue weighted by Gasteiger charge is 2.17. The maximum Gasteiger partial charge on any atom is 0.314 e. The average Bonchev–Trinajstić information content (AvgIpc) is 3.23. The molecule has 10 heteroatoms. The number of rotatable bonds is 4. The lowest BCUT2D eigenvalue weighted by Crippen LogP contribution is -2.03. The first-order valence-corrected chi connectivity index (χ1v) is 7.95. The summed E-state index contributed by atoms with van der Waals surface area (Å²) in [4.78, 5) is 4.30. The summed E-state index contributed by atoms with van der Waals surface area (Å²) in [6.07, 6.45) is -1.30. The topological polar surface area (TPSA) is 82.5 Å². The molecular weight excluding hydrogens is 398 g/mol. The van der Waals surface area contributed by atoms with Crippen molar-refractivity contribution in [1.29, 1.82) is 0 Å². The Bertz CT molecular complexity index is 1030. The Morgan fingerprint density at radius 3 is 2.72 bits per heavy atom. The molecule has 0 amide bonds. The van der Waals surface area contributed by atoms with Gasteiger partial charge in [-0.25, -0.2) is 4.68 Å². The summed E-state index contributed by atoms with van der Waals surface area (Å²) in [5.41, 5.74) is 2.85. The van der Waals surface area contributed by atoms with E-state index in [0.29, 0.717) is 12.1 Å². The third-order valence-corrected chi connectivity index (χ3v) is 3.98. The molecule has 7 nitrogen and oxygen atoms in total. The summed E-state index contributed by atoms with van der Waals surface area (Å²) in [6, 6.07) is 9.11. The van der Waals surface area contributed by atoms with Gasteiger partial charge in [0.25, 0.3) is 5.89 Å². The van der Waals surface area contributed by atoms with Crippen LogP contribution in [0, 0.1) is 0 Å². The van der Waals surface area contributed by atoms with E-state index in [-0.39, 0.29) is 5.89 Å². The number of hydrogen-bond acceptors (Lipinski definition) is 6. The molecule has 0 aliphatic heterocycles. The van der Waals surface area contributed by atoms with E-state index in [4.69, 9.17) is 4.42 Å². The normalized spacial score (nSPS) is 11.5. The first-order valence-electron chi connectivity index (χ1n) is 7.16. The summed E-state index contributed by atoms with van der Waals surface area (Å²) in [5.74, 6) is -0.705. The summed E-state index contributed by atoms with van der Waals surface area (Å²) in [6.45, 7) is 0.416. The van der Waals surface area contributed by atoms with Crippen molar-refractivity contribution >= 4 is 27.0 Å². The summed E-state index contributed by atoms with van der Waals surface area (Å²) in [7, 11) is 0. The fourth-order valence-electron chi connectivity index (χ4n) is 2.29. The van der Waals surface area contributed by atoms with Gasteiger partial charge in [0.05, 0.1) is 23.3 Å². The molecule has 0 spiro atoms. The molecule has 0 radical (unpaired) electrons. The minimum Gasteiger partial charge on any atom is -0.415 e. The van der Waals surface area contributed by atoms with Crippen molar-refractivity contribution in [2.75, 3.05) is 0 Å². The molecule has 0 fully saturated rings. The Hall–Kier alpha value is -2.75. The van der Waals surface area contributed by atoms with Crippen LogP contribution >= 0.6 is 15.9 Å². The Balaban J connectivity index is 1.58. The number of halogens is 3. The summed E-state index contributed by atoms with van der Waals surface area (Å²) < 4.78 is 32.6. The van der Waals surface area contributed by atoms with Crippen LogP contribution in [-0.4, -0.2) is 30.2 Å². The van der Waals surface area contributed by atoms with E-state index < -0.39 is 12.3 Å². The smallest absolute Gasteiger partial charge is 0.314 e. The largest absolute Gasteiger partial charge is 0.415 e. The number of alkyl halides is 2. The number of aromatic nitrogens is 6. The van der Waals surface area contributed by atoms with Gasteiger partial charge in [-0.15, -0.1) is 15.3 Å². The van der Waals surface area contributed by atoms with Gasteiger partial charge in [0.1, 0.15) is 5.52 Å². The van der Waals surface area contributed by atoms with E-state index in [0.717, 1.165) is 21.2 Å². The van der Waals surface area contributed by atoms with Crippen LogP contribution in [0.3, 0.4) is 0 Å². The molecule has 0 aliphatic carbocycles. The van der Waals surface area contributed by atoms with Crippen LogP contribution in [0.25, 0.3) is 22.5 Å². The number of pyridine rings is 1. The molecule has 0 saturated carbocycles. The lowest BCUT2D eigenvalue weighted by atomic mass is 10.2. The molecule has 0 bridgehead atoms. The maximum absolute atomic E-state index is 12.5. The predicted molar refractivity (Wildman–Crippen MR) is 86.8 cm³/mol. The van der Waals surface area contributed by atoms with Crippen LogP contribution in [0.1, 0.15) is 18.0 Å². The van der Waals surface area contributed by atoms with Gasteiger partial charge in [-0.2, -0.15) is 8.78 Å². The number of fused-ring (bicyclic) bond motifs is 1. The van der Waals surface area contributed by atoms with Crippen LogP contribution in [-0.2, 0) is 6.54 Å². The van der Waals surface area contributed by atoms with Crippen molar-refractivity contribution in [2.24, 2.45) is 0 Å². The van der Waals surface area contributed by atoms with E-state index in [1.807, 2.05) is 18.2 Å². The molecule has 0 saturated heterocycles. The first-order chi connectivity index (χ1) is 12.1. The number of nitrogens with zero attached hydrogens (tertiary/aromatic N) is 6. The van der Waals surface area contributed by atoms with Gasteiger partial charge in [-0.05, 0) is 30.3 Å². The van der Waals surface area contributed by atoms with Crippen molar-refractivity contribution in [2.45, 2.75) is 13.0 Å². The highest BCUT2D eigenvalue weighted by molar-refractivity contribution is 9.10. The van der Waals surface area contributed by atoms with Gasteiger partial charge in [-0.3, -0.25) is 4.98 Å². The van der Waals surface area contributed by atoms with Crippen LogP contribution < -0.4 is 0 Å². The zero-order chi connectivity index (χ0) is 17.4. The summed E-state index contributed by atoms with van der Waals surface area (Å²) in [5, 5.41) is 15.1. The zero-order valence-electron chi connectivity index (χ0n) is 12.5. The quantitative estimate of drug-likeness (QED) is 0.514. The Labute approximate surface area is 147 Å². The van der Waals surface area contributed by atoms with Gasteiger partial charge in [-0.1, -0.05) is 21.1 Å². The van der Waals surface area contributed by atoms with E-state index >= 15 is 0 Å². The Kier molecular flexibility index (Phi) is 3.96. The van der Waals surface area contributed by atoms with Crippen molar-refractivity contribution in [3.05, 3.63) is 52.6 Å². The molecule has 4 rings (SSSR count). The predicted octanol–water partition coefficient (Wildman–Crippen LogP) is 3.62. The van der Waals surface area contributed by atoms with Gasteiger partial charge in [0.2, 0.25) is 5.89 Å². The zero-order valence-corrected chi connectivity index (χ0v) is 14.1. The van der Waals surface area contributed by atoms with Crippen molar-refractivity contribution < 1.29 is 13.2 Å². The lowest BCUT2D eigenvalue weighted by molar-refractivity contribution is 0.116. The molecule has 0 N–H and O–H groups in total. The van der Waals surface area contributed by atoms with E-state index in [2.05, 4.69) is 41.4 Å². The van der Waals surface area contributed by atoms with E-state index in [1.165, 1.54) is 6.20 Å². The van der Waals surface area contributed by atoms with Gasteiger partial charge in [0, 0.05) is 10.7 Å². The van der Waals surface area contributed by atoms with Crippen molar-refractivity contribution in [1.82, 2.24) is 30.2 Å². The van der Waals surface area contributed by atoms with Crippen molar-refractivity contribution in [3.8, 4) is 11.5 Å². The molecule has 0 aliphatic rings. The standard InChI is InChI=1S/C15H9BrF2N6O/c16-9-2-4-11-12(5-9)24(23-20-11)7-10-3-1-8(6-19-10)14-21-22-15(25-14)13(17)18/h1-6,13H,7H2. The highest BCUT2D eigenvalue weighted by Crippen LogP contribution is 2.23. The SMILES string of the molecule is FC(F)c1nnc(-c2ccc(Cn3nnc4ccc(Br)cc43)nc2)o1. The monoisotopic (exact) mass is 406 g/mol. The number of hydrogen-bond donors (Lipinski definition) is 0. The second kappa shape index (κ2) is 6.28.